The predicted molar refractivity (Wildman–Crippen MR) is 110 cm³/mol. The molecule has 3 saturated heterocycles. The molecule has 1 atom stereocenters. The van der Waals surface area contributed by atoms with E-state index in [-0.39, 0.29) is 0 Å². The van der Waals surface area contributed by atoms with Gasteiger partial charge in [-0.05, 0) is 82.1 Å². The summed E-state index contributed by atoms with van der Waals surface area (Å²) in [6.45, 7) is 7.63. The van der Waals surface area contributed by atoms with E-state index in [1.807, 2.05) is 23.1 Å². The van der Waals surface area contributed by atoms with Gasteiger partial charge < -0.3 is 4.90 Å². The first-order valence-electron chi connectivity index (χ1n) is 10.7. The summed E-state index contributed by atoms with van der Waals surface area (Å²) in [5, 5.41) is 4.31. The summed E-state index contributed by atoms with van der Waals surface area (Å²) in [5.41, 5.74) is 2.48. The monoisotopic (exact) mass is 365 g/mol. The second-order valence-electron chi connectivity index (χ2n) is 8.37. The number of aromatic nitrogens is 2. The van der Waals surface area contributed by atoms with Crippen LogP contribution in [-0.4, -0.2) is 70.9 Å². The van der Waals surface area contributed by atoms with Gasteiger partial charge in [-0.2, -0.15) is 5.10 Å². The normalized spacial score (nSPS) is 25.5. The molecule has 2 aromatic rings. The minimum atomic E-state index is 0.783. The van der Waals surface area contributed by atoms with Crippen LogP contribution < -0.4 is 4.90 Å². The maximum absolute atomic E-state index is 4.31. The van der Waals surface area contributed by atoms with Crippen molar-refractivity contribution < 1.29 is 0 Å². The molecule has 5 heteroatoms. The molecule has 1 aromatic heterocycles. The first kappa shape index (κ1) is 17.3. The van der Waals surface area contributed by atoms with Crippen LogP contribution in [0.15, 0.2) is 42.7 Å². The van der Waals surface area contributed by atoms with Crippen molar-refractivity contribution in [1.82, 2.24) is 19.6 Å². The highest BCUT2D eigenvalue weighted by Gasteiger charge is 2.32. The average molecular weight is 366 g/mol. The van der Waals surface area contributed by atoms with Gasteiger partial charge in [0.2, 0.25) is 0 Å². The molecular weight excluding hydrogens is 334 g/mol. The summed E-state index contributed by atoms with van der Waals surface area (Å²) in [5.74, 6) is 0. The first-order chi connectivity index (χ1) is 13.4. The van der Waals surface area contributed by atoms with Crippen LogP contribution in [0.1, 0.15) is 32.1 Å². The molecular formula is C22H31N5. The number of piperidine rings is 1. The zero-order chi connectivity index (χ0) is 18.1. The maximum Gasteiger partial charge on any atom is 0.0647 e. The highest BCUT2D eigenvalue weighted by Crippen LogP contribution is 2.27. The molecule has 144 valence electrons. The number of hydrogen-bond acceptors (Lipinski definition) is 4. The van der Waals surface area contributed by atoms with Gasteiger partial charge in [0, 0.05) is 49.8 Å². The van der Waals surface area contributed by atoms with Crippen LogP contribution in [0.3, 0.4) is 0 Å². The minimum absolute atomic E-state index is 0.783. The van der Waals surface area contributed by atoms with E-state index in [1.165, 1.54) is 77.1 Å². The Morgan fingerprint density at radius 2 is 1.48 bits per heavy atom. The highest BCUT2D eigenvalue weighted by molar-refractivity contribution is 5.51. The molecule has 4 heterocycles. The molecule has 27 heavy (non-hydrogen) atoms. The Morgan fingerprint density at radius 1 is 0.741 bits per heavy atom. The molecule has 0 bridgehead atoms. The Bertz CT molecular complexity index is 718. The number of benzene rings is 1. The van der Waals surface area contributed by atoms with Gasteiger partial charge in [-0.3, -0.25) is 9.80 Å². The van der Waals surface area contributed by atoms with Crippen LogP contribution in [0, 0.1) is 0 Å². The molecule has 3 aliphatic rings. The highest BCUT2D eigenvalue weighted by atomic mass is 15.3. The number of anilines is 1. The molecule has 0 aliphatic carbocycles. The van der Waals surface area contributed by atoms with Crippen molar-refractivity contribution in [2.75, 3.05) is 44.2 Å². The van der Waals surface area contributed by atoms with Gasteiger partial charge in [0.1, 0.15) is 0 Å². The Kier molecular flexibility index (Phi) is 4.89. The standard InChI is InChI=1S/C22H31N5/c1-4-22-18-26(14-3-13-24(22)12-1)20-9-16-25(17-10-20)19-5-7-21(8-6-19)27-15-2-11-23-27/h2,5-8,11,15,20,22H,1,3-4,9-10,12-14,16-18H2. The van der Waals surface area contributed by atoms with E-state index in [4.69, 9.17) is 0 Å². The fourth-order valence-corrected chi connectivity index (χ4v) is 5.29. The zero-order valence-corrected chi connectivity index (χ0v) is 16.2. The Morgan fingerprint density at radius 3 is 2.26 bits per heavy atom. The molecule has 3 aliphatic heterocycles. The third-order valence-electron chi connectivity index (χ3n) is 6.80. The van der Waals surface area contributed by atoms with Crippen LogP contribution in [0.4, 0.5) is 5.69 Å². The quantitative estimate of drug-likeness (QED) is 0.836. The van der Waals surface area contributed by atoms with Crippen molar-refractivity contribution >= 4 is 5.69 Å². The van der Waals surface area contributed by atoms with E-state index in [9.17, 15) is 0 Å². The predicted octanol–water partition coefficient (Wildman–Crippen LogP) is 3.01. The molecule has 3 fully saturated rings. The average Bonchev–Trinajstić information content (AvgIpc) is 3.37. The summed E-state index contributed by atoms with van der Waals surface area (Å²) < 4.78 is 1.92. The molecule has 0 radical (unpaired) electrons. The largest absolute Gasteiger partial charge is 0.371 e. The number of rotatable bonds is 3. The van der Waals surface area contributed by atoms with Crippen molar-refractivity contribution in [2.24, 2.45) is 0 Å². The zero-order valence-electron chi connectivity index (χ0n) is 16.2. The SMILES string of the molecule is c1cnn(-c2ccc(N3CCC(N4CCCN5CCCC5C4)CC3)cc2)c1. The van der Waals surface area contributed by atoms with Gasteiger partial charge in [0.15, 0.2) is 0 Å². The van der Waals surface area contributed by atoms with Crippen LogP contribution >= 0.6 is 0 Å². The molecule has 5 nitrogen and oxygen atoms in total. The summed E-state index contributed by atoms with van der Waals surface area (Å²) in [7, 11) is 0. The lowest BCUT2D eigenvalue weighted by Crippen LogP contribution is -2.47. The van der Waals surface area contributed by atoms with Crippen molar-refractivity contribution in [3.05, 3.63) is 42.7 Å². The summed E-state index contributed by atoms with van der Waals surface area (Å²) in [6.07, 6.45) is 10.6. The summed E-state index contributed by atoms with van der Waals surface area (Å²) in [4.78, 5) is 8.13. The van der Waals surface area contributed by atoms with Gasteiger partial charge in [-0.15, -0.1) is 0 Å². The Hall–Kier alpha value is -1.85. The Labute approximate surface area is 162 Å². The lowest BCUT2D eigenvalue weighted by Gasteiger charge is -2.40. The number of nitrogens with zero attached hydrogens (tertiary/aromatic N) is 5. The Balaban J connectivity index is 1.19. The fraction of sp³-hybridized carbons (Fsp3) is 0.591. The first-order valence-corrected chi connectivity index (χ1v) is 10.7. The van der Waals surface area contributed by atoms with Crippen molar-refractivity contribution in [3.63, 3.8) is 0 Å². The smallest absolute Gasteiger partial charge is 0.0647 e. The lowest BCUT2D eigenvalue weighted by molar-refractivity contribution is 0.152. The van der Waals surface area contributed by atoms with Crippen LogP contribution in [-0.2, 0) is 0 Å². The van der Waals surface area contributed by atoms with E-state index < -0.39 is 0 Å². The summed E-state index contributed by atoms with van der Waals surface area (Å²) >= 11 is 0. The van der Waals surface area contributed by atoms with E-state index >= 15 is 0 Å². The van der Waals surface area contributed by atoms with Crippen molar-refractivity contribution in [3.8, 4) is 5.69 Å². The second-order valence-corrected chi connectivity index (χ2v) is 8.37. The molecule has 0 saturated carbocycles. The van der Waals surface area contributed by atoms with E-state index in [1.54, 1.807) is 0 Å². The van der Waals surface area contributed by atoms with E-state index in [0.717, 1.165) is 17.8 Å². The minimum Gasteiger partial charge on any atom is -0.371 e. The maximum atomic E-state index is 4.31. The third-order valence-corrected chi connectivity index (χ3v) is 6.80. The van der Waals surface area contributed by atoms with Crippen LogP contribution in [0.2, 0.25) is 0 Å². The van der Waals surface area contributed by atoms with Gasteiger partial charge in [-0.25, -0.2) is 4.68 Å². The fourth-order valence-electron chi connectivity index (χ4n) is 5.29. The summed E-state index contributed by atoms with van der Waals surface area (Å²) in [6, 6.07) is 12.4. The second kappa shape index (κ2) is 7.64. The lowest BCUT2D eigenvalue weighted by atomic mass is 10.0. The molecule has 1 aromatic carbocycles. The van der Waals surface area contributed by atoms with Crippen LogP contribution in [0.25, 0.3) is 5.69 Å². The third kappa shape index (κ3) is 3.63. The van der Waals surface area contributed by atoms with Crippen molar-refractivity contribution in [2.45, 2.75) is 44.2 Å². The van der Waals surface area contributed by atoms with Gasteiger partial charge in [0.25, 0.3) is 0 Å². The van der Waals surface area contributed by atoms with Gasteiger partial charge >= 0.3 is 0 Å². The van der Waals surface area contributed by atoms with E-state index in [2.05, 4.69) is 44.1 Å². The molecule has 0 amide bonds. The molecule has 0 N–H and O–H groups in total. The number of fused-ring (bicyclic) bond motifs is 1. The topological polar surface area (TPSA) is 27.5 Å². The van der Waals surface area contributed by atoms with Gasteiger partial charge in [-0.1, -0.05) is 0 Å². The molecule has 0 spiro atoms. The van der Waals surface area contributed by atoms with Gasteiger partial charge in [0.05, 0.1) is 5.69 Å². The van der Waals surface area contributed by atoms with Crippen LogP contribution in [0.5, 0.6) is 0 Å². The molecule has 5 rings (SSSR count). The van der Waals surface area contributed by atoms with Crippen molar-refractivity contribution in [1.29, 1.82) is 0 Å². The number of hydrogen-bond donors (Lipinski definition) is 0. The van der Waals surface area contributed by atoms with E-state index in [0.29, 0.717) is 0 Å². The molecule has 1 unspecified atom stereocenters.